The van der Waals surface area contributed by atoms with Crippen LogP contribution in [0.15, 0.2) is 53.0 Å². The van der Waals surface area contributed by atoms with Crippen LogP contribution in [-0.4, -0.2) is 28.1 Å². The van der Waals surface area contributed by atoms with Crippen LogP contribution in [0, 0.1) is 0 Å². The third kappa shape index (κ3) is 3.53. The van der Waals surface area contributed by atoms with Gasteiger partial charge in [-0.3, -0.25) is 9.36 Å². The predicted molar refractivity (Wildman–Crippen MR) is 93.9 cm³/mol. The second-order valence-corrected chi connectivity index (χ2v) is 6.97. The molecule has 0 radical (unpaired) electrons. The molecule has 2 aromatic rings. The van der Waals surface area contributed by atoms with E-state index in [1.165, 1.54) is 24.4 Å². The average molecular weight is 416 g/mol. The van der Waals surface area contributed by atoms with Crippen molar-refractivity contribution in [3.8, 4) is 5.75 Å². The number of alkyl halides is 5. The molecule has 10 heteroatoms. The molecule has 0 atom stereocenters. The van der Waals surface area contributed by atoms with Crippen LogP contribution in [0.4, 0.5) is 22.0 Å². The van der Waals surface area contributed by atoms with E-state index in [4.69, 9.17) is 4.74 Å². The number of fused-ring (bicyclic) bond motifs is 1. The number of nitrogens with one attached hydrogen (secondary N) is 1. The van der Waals surface area contributed by atoms with Gasteiger partial charge < -0.3 is 9.94 Å². The van der Waals surface area contributed by atoms with Gasteiger partial charge in [-0.2, -0.15) is 22.0 Å². The fourth-order valence-corrected chi connectivity index (χ4v) is 3.21. The highest BCUT2D eigenvalue weighted by Gasteiger charge is 2.59. The zero-order valence-electron chi connectivity index (χ0n) is 15.3. The van der Waals surface area contributed by atoms with E-state index in [2.05, 4.69) is 0 Å². The minimum absolute atomic E-state index is 0.0316. The number of hydroxylamine groups is 1. The van der Waals surface area contributed by atoms with Gasteiger partial charge in [0.15, 0.2) is 0 Å². The molecule has 29 heavy (non-hydrogen) atoms. The van der Waals surface area contributed by atoms with Crippen molar-refractivity contribution >= 4 is 5.70 Å². The zero-order chi connectivity index (χ0) is 21.6. The van der Waals surface area contributed by atoms with Crippen molar-refractivity contribution in [3.63, 3.8) is 0 Å². The topological polar surface area (TPSA) is 63.5 Å². The lowest BCUT2D eigenvalue weighted by molar-refractivity contribution is -0.289. The van der Waals surface area contributed by atoms with E-state index in [0.29, 0.717) is 12.1 Å². The summed E-state index contributed by atoms with van der Waals surface area (Å²) in [6.07, 6.45) is -4.44. The normalized spacial score (nSPS) is 16.4. The first kappa shape index (κ1) is 21.0. The third-order valence-corrected chi connectivity index (χ3v) is 4.65. The van der Waals surface area contributed by atoms with Crippen LogP contribution in [0.3, 0.4) is 0 Å². The van der Waals surface area contributed by atoms with Crippen molar-refractivity contribution < 1.29 is 31.9 Å². The number of hydrogen-bond donors (Lipinski definition) is 2. The summed E-state index contributed by atoms with van der Waals surface area (Å²) in [6.45, 7) is 3.02. The van der Waals surface area contributed by atoms with Gasteiger partial charge in [0.25, 0.3) is 5.56 Å². The summed E-state index contributed by atoms with van der Waals surface area (Å²) in [7, 11) is 0. The molecule has 2 heterocycles. The molecule has 0 saturated heterocycles. The van der Waals surface area contributed by atoms with Crippen molar-refractivity contribution in [1.82, 2.24) is 10.0 Å². The van der Waals surface area contributed by atoms with E-state index in [0.717, 1.165) is 10.6 Å². The molecule has 5 nitrogen and oxygen atoms in total. The fourth-order valence-electron chi connectivity index (χ4n) is 3.21. The first-order valence-electron chi connectivity index (χ1n) is 8.47. The maximum absolute atomic E-state index is 13.9. The van der Waals surface area contributed by atoms with Crippen molar-refractivity contribution in [2.45, 2.75) is 31.5 Å². The first-order valence-corrected chi connectivity index (χ1v) is 8.47. The Bertz CT molecular complexity index is 1020. The molecule has 0 unspecified atom stereocenters. The highest BCUT2D eigenvalue weighted by Crippen LogP contribution is 2.47. The molecule has 1 aliphatic rings. The van der Waals surface area contributed by atoms with Crippen LogP contribution in [-0.2, 0) is 5.92 Å². The molecule has 1 aliphatic heterocycles. The molecule has 0 spiro atoms. The summed E-state index contributed by atoms with van der Waals surface area (Å²) in [5, 5.41) is 9.23. The largest absolute Gasteiger partial charge is 0.483 e. The quantitative estimate of drug-likeness (QED) is 0.586. The van der Waals surface area contributed by atoms with Crippen LogP contribution < -0.4 is 15.8 Å². The Labute approximate surface area is 162 Å². The Balaban J connectivity index is 2.35. The molecule has 2 N–H and O–H groups in total. The fraction of sp³-hybridized carbons (Fsp3) is 0.316. The molecule has 3 rings (SSSR count). The lowest BCUT2D eigenvalue weighted by atomic mass is 9.88. The summed E-state index contributed by atoms with van der Waals surface area (Å²) < 4.78 is 73.4. The minimum Gasteiger partial charge on any atom is -0.483 e. The van der Waals surface area contributed by atoms with Crippen LogP contribution >= 0.6 is 0 Å². The van der Waals surface area contributed by atoms with Gasteiger partial charge in [-0.15, -0.1) is 0 Å². The lowest BCUT2D eigenvalue weighted by Gasteiger charge is -2.37. The van der Waals surface area contributed by atoms with Gasteiger partial charge in [-0.1, -0.05) is 6.07 Å². The van der Waals surface area contributed by atoms with Gasteiger partial charge in [-0.05, 0) is 38.1 Å². The summed E-state index contributed by atoms with van der Waals surface area (Å²) in [5.74, 6) is -5.07. The third-order valence-electron chi connectivity index (χ3n) is 4.65. The maximum Gasteiger partial charge on any atom is 0.458 e. The number of benzene rings is 1. The second-order valence-electron chi connectivity index (χ2n) is 6.97. The van der Waals surface area contributed by atoms with Gasteiger partial charge in [-0.25, -0.2) is 5.48 Å². The molecule has 1 aromatic carbocycles. The van der Waals surface area contributed by atoms with Crippen LogP contribution in [0.2, 0.25) is 0 Å². The van der Waals surface area contributed by atoms with Crippen LogP contribution in [0.25, 0.3) is 5.70 Å². The first-order chi connectivity index (χ1) is 13.4. The van der Waals surface area contributed by atoms with Crippen LogP contribution in [0.1, 0.15) is 25.0 Å². The Morgan fingerprint density at radius 3 is 2.41 bits per heavy atom. The molecule has 0 amide bonds. The molecule has 0 saturated carbocycles. The molecule has 0 fully saturated rings. The number of hydrogen-bond acceptors (Lipinski definition) is 4. The van der Waals surface area contributed by atoms with E-state index in [1.54, 1.807) is 13.8 Å². The van der Waals surface area contributed by atoms with E-state index in [1.807, 2.05) is 5.48 Å². The number of ether oxygens (including phenoxy) is 1. The standard InChI is InChI=1S/C19H17F5N2O3/c1-17(2)13(10-25-28)16(26-8-4-3-5-15(26)27)12-9-11(6-7-14(12)29-17)18(20,21)19(22,23)24/h3-9,25,28H,10H2,1-2H3. The maximum atomic E-state index is 13.9. The molecule has 1 aromatic heterocycles. The van der Waals surface area contributed by atoms with Crippen molar-refractivity contribution in [2.75, 3.05) is 6.54 Å². The number of pyridine rings is 1. The molecule has 156 valence electrons. The average Bonchev–Trinajstić information content (AvgIpc) is 2.61. The summed E-state index contributed by atoms with van der Waals surface area (Å²) >= 11 is 0. The number of halogens is 5. The van der Waals surface area contributed by atoms with Gasteiger partial charge in [0.1, 0.15) is 11.4 Å². The SMILES string of the molecule is CC1(C)Oc2ccc(C(F)(F)C(F)(F)F)cc2C(n2ccccc2=O)=C1CNO. The molecular weight excluding hydrogens is 399 g/mol. The Hall–Kier alpha value is -2.72. The van der Waals surface area contributed by atoms with Crippen molar-refractivity contribution in [2.24, 2.45) is 0 Å². The Kier molecular flexibility index (Phi) is 5.04. The van der Waals surface area contributed by atoms with Gasteiger partial charge in [0, 0.05) is 35.5 Å². The van der Waals surface area contributed by atoms with Gasteiger partial charge >= 0.3 is 12.1 Å². The highest BCUT2D eigenvalue weighted by atomic mass is 19.4. The summed E-state index contributed by atoms with van der Waals surface area (Å²) in [6, 6.07) is 6.50. The van der Waals surface area contributed by atoms with E-state index >= 15 is 0 Å². The van der Waals surface area contributed by atoms with Crippen molar-refractivity contribution in [3.05, 3.63) is 69.6 Å². The van der Waals surface area contributed by atoms with E-state index < -0.39 is 28.8 Å². The van der Waals surface area contributed by atoms with Crippen LogP contribution in [0.5, 0.6) is 5.75 Å². The predicted octanol–water partition coefficient (Wildman–Crippen LogP) is 3.91. The van der Waals surface area contributed by atoms with Gasteiger partial charge in [0.05, 0.1) is 5.70 Å². The van der Waals surface area contributed by atoms with Crippen molar-refractivity contribution in [1.29, 1.82) is 0 Å². The molecule has 0 aliphatic carbocycles. The number of nitrogens with zero attached hydrogens (tertiary/aromatic N) is 1. The zero-order valence-corrected chi connectivity index (χ0v) is 15.3. The van der Waals surface area contributed by atoms with Gasteiger partial charge in [0.2, 0.25) is 0 Å². The number of aromatic nitrogens is 1. The Morgan fingerprint density at radius 1 is 1.14 bits per heavy atom. The minimum atomic E-state index is -5.79. The molecular formula is C19H17F5N2O3. The Morgan fingerprint density at radius 2 is 1.83 bits per heavy atom. The molecule has 0 bridgehead atoms. The second kappa shape index (κ2) is 6.96. The highest BCUT2D eigenvalue weighted by molar-refractivity contribution is 5.77. The monoisotopic (exact) mass is 416 g/mol. The summed E-state index contributed by atoms with van der Waals surface area (Å²) in [4.78, 5) is 12.4. The number of rotatable bonds is 4. The van der Waals surface area contributed by atoms with E-state index in [-0.39, 0.29) is 29.1 Å². The lowest BCUT2D eigenvalue weighted by Crippen LogP contribution is -2.41. The van der Waals surface area contributed by atoms with E-state index in [9.17, 15) is 32.0 Å². The smallest absolute Gasteiger partial charge is 0.458 e. The summed E-state index contributed by atoms with van der Waals surface area (Å²) in [5.41, 5.74) is -0.762.